The fourth-order valence-electron chi connectivity index (χ4n) is 2.67. The number of hydrogen-bond acceptors (Lipinski definition) is 1. The van der Waals surface area contributed by atoms with Crippen molar-refractivity contribution in [3.05, 3.63) is 12.2 Å². The van der Waals surface area contributed by atoms with Crippen LogP contribution in [-0.4, -0.2) is 6.54 Å². The van der Waals surface area contributed by atoms with E-state index in [0.29, 0.717) is 11.8 Å². The highest BCUT2D eigenvalue weighted by molar-refractivity contribution is 4.98. The smallest absolute Gasteiger partial charge is 0.00431 e. The first kappa shape index (κ1) is 16.7. The van der Waals surface area contributed by atoms with Crippen molar-refractivity contribution in [3.63, 3.8) is 0 Å². The van der Waals surface area contributed by atoms with Crippen LogP contribution in [0.1, 0.15) is 66.2 Å². The molecule has 0 bridgehead atoms. The summed E-state index contributed by atoms with van der Waals surface area (Å²) in [6.07, 6.45) is 7.83. The third-order valence-corrected chi connectivity index (χ3v) is 4.16. The number of unbranched alkanes of at least 4 members (excludes halogenated alkanes) is 1. The number of rotatable bonds is 10. The lowest BCUT2D eigenvalue weighted by Crippen LogP contribution is -2.23. The van der Waals surface area contributed by atoms with E-state index in [2.05, 4.69) is 34.3 Å². The van der Waals surface area contributed by atoms with Crippen LogP contribution in [0.5, 0.6) is 0 Å². The van der Waals surface area contributed by atoms with Crippen molar-refractivity contribution in [1.82, 2.24) is 0 Å². The maximum Gasteiger partial charge on any atom is -0.00431 e. The van der Waals surface area contributed by atoms with Crippen LogP contribution < -0.4 is 5.73 Å². The van der Waals surface area contributed by atoms with E-state index < -0.39 is 0 Å². The van der Waals surface area contributed by atoms with Crippen molar-refractivity contribution < 1.29 is 0 Å². The van der Waals surface area contributed by atoms with Gasteiger partial charge < -0.3 is 5.73 Å². The van der Waals surface area contributed by atoms with E-state index in [9.17, 15) is 0 Å². The van der Waals surface area contributed by atoms with Crippen LogP contribution in [0.25, 0.3) is 0 Å². The molecule has 0 aliphatic carbocycles. The fourth-order valence-corrected chi connectivity index (χ4v) is 2.67. The zero-order chi connectivity index (χ0) is 13.3. The van der Waals surface area contributed by atoms with Crippen LogP contribution in [0.3, 0.4) is 0 Å². The van der Waals surface area contributed by atoms with Crippen molar-refractivity contribution >= 4 is 0 Å². The Labute approximate surface area is 109 Å². The SMILES string of the molecule is C=C(C)C(CC)C(CN)CCCCC(C)CC. The lowest BCUT2D eigenvalue weighted by atomic mass is 9.81. The zero-order valence-corrected chi connectivity index (χ0v) is 12.5. The minimum atomic E-state index is 0.628. The second kappa shape index (κ2) is 9.70. The Balaban J connectivity index is 3.92. The summed E-state index contributed by atoms with van der Waals surface area (Å²) in [5.41, 5.74) is 7.22. The van der Waals surface area contributed by atoms with E-state index in [-0.39, 0.29) is 0 Å². The molecule has 1 heteroatoms. The maximum absolute atomic E-state index is 5.91. The highest BCUT2D eigenvalue weighted by Crippen LogP contribution is 2.27. The van der Waals surface area contributed by atoms with Gasteiger partial charge in [0.2, 0.25) is 0 Å². The molecular formula is C16H33N. The Morgan fingerprint density at radius 3 is 2.12 bits per heavy atom. The number of allylic oxidation sites excluding steroid dienone is 1. The summed E-state index contributed by atoms with van der Waals surface area (Å²) in [6, 6.07) is 0. The third-order valence-electron chi connectivity index (χ3n) is 4.16. The van der Waals surface area contributed by atoms with E-state index in [0.717, 1.165) is 12.5 Å². The Kier molecular flexibility index (Phi) is 9.53. The van der Waals surface area contributed by atoms with Crippen LogP contribution in [0.4, 0.5) is 0 Å². The minimum absolute atomic E-state index is 0.628. The molecule has 0 amide bonds. The molecule has 0 heterocycles. The molecule has 0 aromatic carbocycles. The molecule has 0 aliphatic heterocycles. The van der Waals surface area contributed by atoms with E-state index in [1.54, 1.807) is 0 Å². The maximum atomic E-state index is 5.91. The summed E-state index contributed by atoms with van der Waals surface area (Å²) < 4.78 is 0. The minimum Gasteiger partial charge on any atom is -0.330 e. The Bertz CT molecular complexity index is 198. The monoisotopic (exact) mass is 239 g/mol. The van der Waals surface area contributed by atoms with Gasteiger partial charge in [-0.1, -0.05) is 58.6 Å². The second-order valence-corrected chi connectivity index (χ2v) is 5.65. The van der Waals surface area contributed by atoms with E-state index >= 15 is 0 Å². The van der Waals surface area contributed by atoms with Gasteiger partial charge in [-0.05, 0) is 44.1 Å². The molecule has 102 valence electrons. The molecule has 3 atom stereocenters. The molecule has 0 aromatic heterocycles. The second-order valence-electron chi connectivity index (χ2n) is 5.65. The summed E-state index contributed by atoms with van der Waals surface area (Å²) in [5, 5.41) is 0. The van der Waals surface area contributed by atoms with Crippen molar-refractivity contribution in [2.45, 2.75) is 66.2 Å². The first-order chi connectivity index (χ1) is 8.06. The van der Waals surface area contributed by atoms with Crippen molar-refractivity contribution in [2.24, 2.45) is 23.5 Å². The fraction of sp³-hybridized carbons (Fsp3) is 0.875. The van der Waals surface area contributed by atoms with Crippen molar-refractivity contribution in [2.75, 3.05) is 6.54 Å². The molecular weight excluding hydrogens is 206 g/mol. The van der Waals surface area contributed by atoms with Gasteiger partial charge in [0.1, 0.15) is 0 Å². The first-order valence-electron chi connectivity index (χ1n) is 7.42. The standard InChI is InChI=1S/C16H33N/c1-6-14(5)10-8-9-11-15(12-17)16(7-2)13(3)4/h14-16H,3,6-12,17H2,1-2,4-5H3. The number of nitrogens with two attached hydrogens (primary N) is 1. The summed E-state index contributed by atoms with van der Waals surface area (Å²) >= 11 is 0. The molecule has 0 spiro atoms. The predicted octanol–water partition coefficient (Wildman–Crippen LogP) is 4.77. The average molecular weight is 239 g/mol. The summed E-state index contributed by atoms with van der Waals surface area (Å²) in [7, 11) is 0. The Morgan fingerprint density at radius 1 is 1.12 bits per heavy atom. The largest absolute Gasteiger partial charge is 0.330 e. The highest BCUT2D eigenvalue weighted by atomic mass is 14.6. The van der Waals surface area contributed by atoms with Gasteiger partial charge in [0.25, 0.3) is 0 Å². The van der Waals surface area contributed by atoms with Gasteiger partial charge in [0.05, 0.1) is 0 Å². The molecule has 0 aliphatic rings. The molecule has 3 unspecified atom stereocenters. The third kappa shape index (κ3) is 6.88. The lowest BCUT2D eigenvalue weighted by molar-refractivity contribution is 0.336. The summed E-state index contributed by atoms with van der Waals surface area (Å²) in [5.74, 6) is 2.16. The van der Waals surface area contributed by atoms with Crippen LogP contribution in [-0.2, 0) is 0 Å². The van der Waals surface area contributed by atoms with E-state index in [4.69, 9.17) is 5.73 Å². The van der Waals surface area contributed by atoms with Crippen LogP contribution in [0, 0.1) is 17.8 Å². The van der Waals surface area contributed by atoms with E-state index in [1.165, 1.54) is 44.1 Å². The summed E-state index contributed by atoms with van der Waals surface area (Å²) in [6.45, 7) is 14.0. The average Bonchev–Trinajstić information content (AvgIpc) is 2.32. The zero-order valence-electron chi connectivity index (χ0n) is 12.5. The van der Waals surface area contributed by atoms with Crippen LogP contribution in [0.2, 0.25) is 0 Å². The van der Waals surface area contributed by atoms with Gasteiger partial charge in [-0.15, -0.1) is 0 Å². The molecule has 2 N–H and O–H groups in total. The van der Waals surface area contributed by atoms with Gasteiger partial charge in [0, 0.05) is 0 Å². The molecule has 0 fully saturated rings. The van der Waals surface area contributed by atoms with Gasteiger partial charge in [-0.2, -0.15) is 0 Å². The topological polar surface area (TPSA) is 26.0 Å². The van der Waals surface area contributed by atoms with E-state index in [1.807, 2.05) is 0 Å². The molecule has 17 heavy (non-hydrogen) atoms. The van der Waals surface area contributed by atoms with Gasteiger partial charge in [0.15, 0.2) is 0 Å². The normalized spacial score (nSPS) is 16.5. The Hall–Kier alpha value is -0.300. The molecule has 0 rings (SSSR count). The van der Waals surface area contributed by atoms with Gasteiger partial charge >= 0.3 is 0 Å². The summed E-state index contributed by atoms with van der Waals surface area (Å²) in [4.78, 5) is 0. The van der Waals surface area contributed by atoms with Crippen LogP contribution >= 0.6 is 0 Å². The lowest BCUT2D eigenvalue weighted by Gasteiger charge is -2.25. The molecule has 0 saturated carbocycles. The molecule has 0 saturated heterocycles. The van der Waals surface area contributed by atoms with Gasteiger partial charge in [-0.3, -0.25) is 0 Å². The van der Waals surface area contributed by atoms with Gasteiger partial charge in [-0.25, -0.2) is 0 Å². The van der Waals surface area contributed by atoms with Crippen LogP contribution in [0.15, 0.2) is 12.2 Å². The highest BCUT2D eigenvalue weighted by Gasteiger charge is 2.18. The molecule has 0 aromatic rings. The molecule has 0 radical (unpaired) electrons. The molecule has 1 nitrogen and oxygen atoms in total. The van der Waals surface area contributed by atoms with Crippen molar-refractivity contribution in [3.8, 4) is 0 Å². The Morgan fingerprint density at radius 2 is 1.71 bits per heavy atom. The quantitative estimate of drug-likeness (QED) is 0.431. The first-order valence-corrected chi connectivity index (χ1v) is 7.42. The number of hydrogen-bond donors (Lipinski definition) is 1. The van der Waals surface area contributed by atoms with Crippen molar-refractivity contribution in [1.29, 1.82) is 0 Å². The predicted molar refractivity (Wildman–Crippen MR) is 79.1 cm³/mol.